The van der Waals surface area contributed by atoms with Crippen LogP contribution < -0.4 is 10.2 Å². The molecular weight excluding hydrogens is 357 g/mol. The Morgan fingerprint density at radius 2 is 1.21 bits per heavy atom. The molecule has 0 radical (unpaired) electrons. The summed E-state index contributed by atoms with van der Waals surface area (Å²) in [4.78, 5) is 2.09. The number of anilines is 1. The van der Waals surface area contributed by atoms with E-state index in [1.54, 1.807) is 0 Å². The van der Waals surface area contributed by atoms with Crippen molar-refractivity contribution in [1.82, 2.24) is 0 Å². The van der Waals surface area contributed by atoms with E-state index in [4.69, 9.17) is 12.8 Å². The van der Waals surface area contributed by atoms with Crippen LogP contribution in [-0.2, 0) is 0 Å². The van der Waals surface area contributed by atoms with Crippen LogP contribution in [0.2, 0.25) is 0 Å². The highest BCUT2D eigenvalue weighted by atomic mass is 31.1. The molecule has 2 heteroatoms. The monoisotopic (exact) mass is 373 g/mol. The van der Waals surface area contributed by atoms with Crippen LogP contribution >= 0.6 is 7.92 Å². The lowest BCUT2D eigenvalue weighted by atomic mass is 10.0. The molecule has 0 spiro atoms. The second kappa shape index (κ2) is 10.9. The lowest BCUT2D eigenvalue weighted by Crippen LogP contribution is -2.12. The average Bonchev–Trinajstić information content (AvgIpc) is 2.72. The summed E-state index contributed by atoms with van der Waals surface area (Å²) in [5.41, 5.74) is 9.60. The summed E-state index contributed by atoms with van der Waals surface area (Å²) in [6.07, 6.45) is 10.3. The first-order valence-electron chi connectivity index (χ1n) is 8.27. The van der Waals surface area contributed by atoms with E-state index < -0.39 is 7.92 Å². The molecule has 0 unspecified atom stereocenters. The highest BCUT2D eigenvalue weighted by molar-refractivity contribution is 7.75. The summed E-state index contributed by atoms with van der Waals surface area (Å²) in [5.74, 6) is 20.5. The van der Waals surface area contributed by atoms with Crippen molar-refractivity contribution in [2.24, 2.45) is 0 Å². The van der Waals surface area contributed by atoms with Crippen molar-refractivity contribution < 1.29 is 0 Å². The predicted molar refractivity (Wildman–Crippen MR) is 122 cm³/mol. The zero-order valence-corrected chi connectivity index (χ0v) is 16.6. The van der Waals surface area contributed by atoms with E-state index in [9.17, 15) is 0 Å². The molecule has 0 saturated heterocycles. The highest BCUT2D eigenvalue weighted by Gasteiger charge is 2.15. The number of para-hydroxylation sites is 1. The number of benzene rings is 2. The van der Waals surface area contributed by atoms with Crippen molar-refractivity contribution in [3.63, 3.8) is 0 Å². The van der Waals surface area contributed by atoms with Gasteiger partial charge in [-0.1, -0.05) is 42.5 Å². The van der Waals surface area contributed by atoms with Crippen molar-refractivity contribution in [2.45, 2.75) is 0 Å². The van der Waals surface area contributed by atoms with Gasteiger partial charge in [-0.25, -0.2) is 0 Å². The fourth-order valence-electron chi connectivity index (χ4n) is 2.44. The Balaban J connectivity index is 2.65. The summed E-state index contributed by atoms with van der Waals surface area (Å²) in [7, 11) is 2.90. The Morgan fingerprint density at radius 1 is 0.679 bits per heavy atom. The summed E-state index contributed by atoms with van der Waals surface area (Å²) in [5, 5.41) is 1.04. The van der Waals surface area contributed by atoms with Gasteiger partial charge in [0.25, 0.3) is 0 Å². The molecule has 0 aliphatic rings. The molecule has 0 bridgehead atoms. The fourth-order valence-corrected chi connectivity index (χ4v) is 3.74. The van der Waals surface area contributed by atoms with Crippen LogP contribution in [-0.4, -0.2) is 14.1 Å². The van der Waals surface area contributed by atoms with Gasteiger partial charge in [-0.3, -0.25) is 0 Å². The molecule has 2 rings (SSSR count). The van der Waals surface area contributed by atoms with Gasteiger partial charge in [0, 0.05) is 30.7 Å². The number of nitrogens with zero attached hydrogens (tertiary/aromatic N) is 1. The van der Waals surface area contributed by atoms with Crippen LogP contribution in [0.5, 0.6) is 0 Å². The third-order valence-corrected chi connectivity index (χ3v) is 5.09. The van der Waals surface area contributed by atoms with Crippen molar-refractivity contribution in [3.05, 3.63) is 48.5 Å². The summed E-state index contributed by atoms with van der Waals surface area (Å²) in [6, 6.07) is 16.3. The zero-order valence-electron chi connectivity index (χ0n) is 15.7. The minimum Gasteiger partial charge on any atom is -0.377 e. The van der Waals surface area contributed by atoms with Gasteiger partial charge in [0.05, 0.1) is 7.92 Å². The van der Waals surface area contributed by atoms with E-state index in [-0.39, 0.29) is 0 Å². The molecule has 130 valence electrons. The molecule has 2 aromatic carbocycles. The summed E-state index contributed by atoms with van der Waals surface area (Å²) < 4.78 is 0. The SMILES string of the molecule is C#CC#CC#CP(C#CC#CC#C)c1ccccc1-c1ccccc1N(C)C. The summed E-state index contributed by atoms with van der Waals surface area (Å²) >= 11 is 0. The van der Waals surface area contributed by atoms with Gasteiger partial charge in [0.2, 0.25) is 0 Å². The van der Waals surface area contributed by atoms with Gasteiger partial charge in [-0.15, -0.1) is 12.8 Å². The van der Waals surface area contributed by atoms with Crippen molar-refractivity contribution in [1.29, 1.82) is 0 Å². The van der Waals surface area contributed by atoms with Gasteiger partial charge in [-0.05, 0) is 70.3 Å². The highest BCUT2D eigenvalue weighted by Crippen LogP contribution is 2.38. The normalized spacial score (nSPS) is 8.18. The lowest BCUT2D eigenvalue weighted by Gasteiger charge is -2.20. The van der Waals surface area contributed by atoms with Gasteiger partial charge in [0.1, 0.15) is 0 Å². The third kappa shape index (κ3) is 5.52. The molecule has 0 N–H and O–H groups in total. The summed E-state index contributed by atoms with van der Waals surface area (Å²) in [6.45, 7) is 0. The smallest absolute Gasteiger partial charge is 0.0838 e. The first-order valence-corrected chi connectivity index (χ1v) is 9.61. The maximum atomic E-state index is 5.16. The second-order valence-electron chi connectivity index (χ2n) is 5.53. The van der Waals surface area contributed by atoms with Crippen molar-refractivity contribution in [3.8, 4) is 82.7 Å². The molecule has 0 fully saturated rings. The molecular formula is C26H16NP. The Kier molecular flexibility index (Phi) is 7.92. The first kappa shape index (κ1) is 20.3. The van der Waals surface area contributed by atoms with Crippen molar-refractivity contribution in [2.75, 3.05) is 19.0 Å². The van der Waals surface area contributed by atoms with Gasteiger partial charge < -0.3 is 4.90 Å². The fraction of sp³-hybridized carbons (Fsp3) is 0.0769. The van der Waals surface area contributed by atoms with E-state index in [0.29, 0.717) is 0 Å². The van der Waals surface area contributed by atoms with E-state index in [2.05, 4.69) is 81.8 Å². The standard InChI is InChI=1S/C26H16NP/c1-5-7-9-15-21-28(22-16-10-8-6-2)26-20-14-12-18-24(26)23-17-11-13-19-25(23)27(3)4/h1-2,11-14,17-20H,3-4H3. The van der Waals surface area contributed by atoms with E-state index in [1.165, 1.54) is 0 Å². The van der Waals surface area contributed by atoms with Gasteiger partial charge >= 0.3 is 0 Å². The van der Waals surface area contributed by atoms with Crippen molar-refractivity contribution >= 4 is 18.9 Å². The molecule has 0 amide bonds. The third-order valence-electron chi connectivity index (χ3n) is 3.55. The van der Waals surface area contributed by atoms with Crippen LogP contribution in [0.25, 0.3) is 11.1 Å². The minimum absolute atomic E-state index is 1.04. The van der Waals surface area contributed by atoms with Crippen LogP contribution in [0.1, 0.15) is 0 Å². The Morgan fingerprint density at radius 3 is 1.79 bits per heavy atom. The topological polar surface area (TPSA) is 3.24 Å². The van der Waals surface area contributed by atoms with Gasteiger partial charge in [-0.2, -0.15) is 0 Å². The first-order chi connectivity index (χ1) is 13.7. The van der Waals surface area contributed by atoms with Crippen LogP contribution in [0, 0.1) is 71.5 Å². The van der Waals surface area contributed by atoms with E-state index >= 15 is 0 Å². The number of rotatable bonds is 3. The Hall–Kier alpha value is -3.97. The lowest BCUT2D eigenvalue weighted by molar-refractivity contribution is 1.13. The molecule has 2 aromatic rings. The molecule has 0 atom stereocenters. The van der Waals surface area contributed by atoms with Crippen LogP contribution in [0.15, 0.2) is 48.5 Å². The number of hydrogen-bond acceptors (Lipinski definition) is 1. The Bertz CT molecular complexity index is 1140. The maximum absolute atomic E-state index is 5.16. The Labute approximate surface area is 169 Å². The zero-order chi connectivity index (χ0) is 20.2. The number of hydrogen-bond donors (Lipinski definition) is 0. The molecule has 28 heavy (non-hydrogen) atoms. The molecule has 1 nitrogen and oxygen atoms in total. The van der Waals surface area contributed by atoms with Gasteiger partial charge in [0.15, 0.2) is 0 Å². The quantitative estimate of drug-likeness (QED) is 0.586. The molecule has 0 aromatic heterocycles. The molecule has 0 aliphatic carbocycles. The minimum atomic E-state index is -1.15. The average molecular weight is 373 g/mol. The molecule has 0 aliphatic heterocycles. The van der Waals surface area contributed by atoms with Crippen LogP contribution in [0.3, 0.4) is 0 Å². The largest absolute Gasteiger partial charge is 0.377 e. The number of terminal acetylenes is 2. The molecule has 0 heterocycles. The second-order valence-corrected chi connectivity index (χ2v) is 7.13. The van der Waals surface area contributed by atoms with E-state index in [1.807, 2.05) is 44.4 Å². The predicted octanol–water partition coefficient (Wildman–Crippen LogP) is 3.72. The van der Waals surface area contributed by atoms with E-state index in [0.717, 1.165) is 22.1 Å². The maximum Gasteiger partial charge on any atom is 0.0838 e. The van der Waals surface area contributed by atoms with Crippen LogP contribution in [0.4, 0.5) is 5.69 Å². The molecule has 0 saturated carbocycles.